The van der Waals surface area contributed by atoms with Crippen LogP contribution in [-0.2, 0) is 19.6 Å². The first kappa shape index (κ1) is 16.3. The molecule has 0 aliphatic heterocycles. The van der Waals surface area contributed by atoms with Crippen LogP contribution in [0.15, 0.2) is 0 Å². The van der Waals surface area contributed by atoms with Crippen molar-refractivity contribution in [3.05, 3.63) is 0 Å². The lowest BCUT2D eigenvalue weighted by Gasteiger charge is -2.12. The van der Waals surface area contributed by atoms with E-state index in [-0.39, 0.29) is 19.1 Å². The van der Waals surface area contributed by atoms with E-state index in [0.717, 1.165) is 13.5 Å². The van der Waals surface area contributed by atoms with E-state index in [4.69, 9.17) is 5.11 Å². The molecule has 0 amide bonds. The Bertz CT molecular complexity index is 328. The summed E-state index contributed by atoms with van der Waals surface area (Å²) >= 11 is 0. The van der Waals surface area contributed by atoms with Crippen LogP contribution in [0.4, 0.5) is 0 Å². The van der Waals surface area contributed by atoms with Crippen molar-refractivity contribution in [1.29, 1.82) is 0 Å². The smallest absolute Gasteiger partial charge is 0.325 e. The summed E-state index contributed by atoms with van der Waals surface area (Å²) in [4.78, 5) is 11.1. The van der Waals surface area contributed by atoms with Crippen molar-refractivity contribution in [3.8, 4) is 0 Å². The van der Waals surface area contributed by atoms with Crippen molar-refractivity contribution in [2.24, 2.45) is 5.92 Å². The van der Waals surface area contributed by atoms with Crippen LogP contribution in [0.5, 0.6) is 0 Å². The Balaban J connectivity index is 4.07. The summed E-state index contributed by atoms with van der Waals surface area (Å²) < 4.78 is 29.9. The predicted octanol–water partition coefficient (Wildman–Crippen LogP) is -0.124. The first-order valence-corrected chi connectivity index (χ1v) is 7.07. The fourth-order valence-electron chi connectivity index (χ4n) is 1.17. The second kappa shape index (κ2) is 7.62. The van der Waals surface area contributed by atoms with E-state index in [1.807, 2.05) is 6.92 Å². The Labute approximate surface area is 102 Å². The number of hydrogen-bond acceptors (Lipinski definition) is 5. The van der Waals surface area contributed by atoms with Gasteiger partial charge in [0, 0.05) is 13.2 Å². The van der Waals surface area contributed by atoms with Crippen LogP contribution in [0.2, 0.25) is 0 Å². The highest BCUT2D eigenvalue weighted by Gasteiger charge is 2.28. The topological polar surface area (TPSA) is 92.7 Å². The van der Waals surface area contributed by atoms with Crippen LogP contribution in [0.3, 0.4) is 0 Å². The van der Waals surface area contributed by atoms with Crippen LogP contribution in [0, 0.1) is 5.92 Å². The fraction of sp³-hybridized carbons (Fsp3) is 0.900. The van der Waals surface area contributed by atoms with Crippen LogP contribution < -0.4 is 4.72 Å². The molecule has 0 aromatic carbocycles. The van der Waals surface area contributed by atoms with Gasteiger partial charge in [-0.1, -0.05) is 6.92 Å². The number of carbonyl (C=O) groups is 1. The lowest BCUT2D eigenvalue weighted by atomic mass is 10.1. The van der Waals surface area contributed by atoms with E-state index >= 15 is 0 Å². The summed E-state index contributed by atoms with van der Waals surface area (Å²) in [7, 11) is -2.51. The van der Waals surface area contributed by atoms with E-state index in [2.05, 4.69) is 9.46 Å². The molecule has 0 bridgehead atoms. The summed E-state index contributed by atoms with van der Waals surface area (Å²) in [6, 6.07) is 0. The number of ether oxygens (including phenoxy) is 1. The molecule has 0 saturated carbocycles. The van der Waals surface area contributed by atoms with Gasteiger partial charge in [-0.25, -0.2) is 13.1 Å². The summed E-state index contributed by atoms with van der Waals surface area (Å²) in [5.41, 5.74) is 0. The number of hydrogen-bond donors (Lipinski definition) is 2. The highest BCUT2D eigenvalue weighted by molar-refractivity contribution is 7.90. The molecule has 2 atom stereocenters. The Morgan fingerprint density at radius 3 is 2.47 bits per heavy atom. The van der Waals surface area contributed by atoms with Gasteiger partial charge < -0.3 is 9.84 Å². The molecule has 0 rings (SSSR count). The van der Waals surface area contributed by atoms with Gasteiger partial charge in [0.15, 0.2) is 5.25 Å². The van der Waals surface area contributed by atoms with Gasteiger partial charge in [0.2, 0.25) is 10.0 Å². The third kappa shape index (κ3) is 5.99. The molecule has 7 heteroatoms. The van der Waals surface area contributed by atoms with Gasteiger partial charge in [0.05, 0.1) is 7.11 Å². The minimum Gasteiger partial charge on any atom is -0.468 e. The monoisotopic (exact) mass is 267 g/mol. The maximum absolute atomic E-state index is 11.6. The van der Waals surface area contributed by atoms with Gasteiger partial charge in [0.1, 0.15) is 0 Å². The lowest BCUT2D eigenvalue weighted by Crippen LogP contribution is -2.38. The summed E-state index contributed by atoms with van der Waals surface area (Å²) in [6.07, 6.45) is 1.35. The molecule has 0 spiro atoms. The molecule has 2 unspecified atom stereocenters. The first-order valence-electron chi connectivity index (χ1n) is 5.52. The molecule has 0 saturated heterocycles. The van der Waals surface area contributed by atoms with E-state index in [9.17, 15) is 13.2 Å². The third-order valence-electron chi connectivity index (χ3n) is 2.49. The van der Waals surface area contributed by atoms with Gasteiger partial charge >= 0.3 is 5.97 Å². The number of esters is 1. The van der Waals surface area contributed by atoms with Crippen molar-refractivity contribution in [1.82, 2.24) is 4.72 Å². The van der Waals surface area contributed by atoms with Crippen LogP contribution in [-0.4, -0.2) is 45.0 Å². The summed E-state index contributed by atoms with van der Waals surface area (Å²) in [5.74, 6) is -0.626. The number of rotatable bonds is 8. The second-order valence-corrected chi connectivity index (χ2v) is 6.12. The number of methoxy groups -OCH3 is 1. The average Bonchev–Trinajstić information content (AvgIpc) is 2.32. The van der Waals surface area contributed by atoms with Gasteiger partial charge in [-0.05, 0) is 25.7 Å². The number of carbonyl (C=O) groups excluding carboxylic acids is 1. The number of sulfonamides is 1. The molecular formula is C10H21NO5S. The molecule has 0 aromatic rings. The van der Waals surface area contributed by atoms with Crippen molar-refractivity contribution in [2.75, 3.05) is 20.3 Å². The largest absolute Gasteiger partial charge is 0.468 e. The van der Waals surface area contributed by atoms with Crippen molar-refractivity contribution < 1.29 is 23.1 Å². The SMILES string of the molecule is COC(=O)C(C)S(=O)(=O)NCCCC(C)CO. The van der Waals surface area contributed by atoms with Crippen LogP contribution in [0.25, 0.3) is 0 Å². The maximum Gasteiger partial charge on any atom is 0.325 e. The minimum absolute atomic E-state index is 0.0886. The highest BCUT2D eigenvalue weighted by Crippen LogP contribution is 2.05. The molecular weight excluding hydrogens is 246 g/mol. The van der Waals surface area contributed by atoms with E-state index in [0.29, 0.717) is 6.42 Å². The number of aliphatic hydroxyl groups excluding tert-OH is 1. The molecule has 6 nitrogen and oxygen atoms in total. The van der Waals surface area contributed by atoms with Crippen molar-refractivity contribution >= 4 is 16.0 Å². The molecule has 17 heavy (non-hydrogen) atoms. The molecule has 0 fully saturated rings. The predicted molar refractivity (Wildman–Crippen MR) is 63.9 cm³/mol. The zero-order valence-corrected chi connectivity index (χ0v) is 11.3. The molecule has 0 aliphatic carbocycles. The van der Waals surface area contributed by atoms with Gasteiger partial charge in [0.25, 0.3) is 0 Å². The maximum atomic E-state index is 11.6. The van der Waals surface area contributed by atoms with Crippen LogP contribution >= 0.6 is 0 Å². The van der Waals surface area contributed by atoms with E-state index < -0.39 is 21.2 Å². The minimum atomic E-state index is -3.66. The zero-order valence-electron chi connectivity index (χ0n) is 10.5. The van der Waals surface area contributed by atoms with Gasteiger partial charge in [-0.3, -0.25) is 4.79 Å². The van der Waals surface area contributed by atoms with Gasteiger partial charge in [-0.2, -0.15) is 0 Å². The summed E-state index contributed by atoms with van der Waals surface area (Å²) in [5, 5.41) is 7.58. The third-order valence-corrected chi connectivity index (χ3v) is 4.22. The normalized spacial score (nSPS) is 15.3. The number of nitrogens with one attached hydrogen (secondary N) is 1. The standard InChI is InChI=1S/C10H21NO5S/c1-8(7-12)5-4-6-11-17(14,15)9(2)10(13)16-3/h8-9,11-12H,4-7H2,1-3H3. The second-order valence-electron chi connectivity index (χ2n) is 4.03. The first-order chi connectivity index (χ1) is 7.85. The Kier molecular flexibility index (Phi) is 7.33. The Morgan fingerprint density at radius 2 is 2.00 bits per heavy atom. The fourth-order valence-corrected chi connectivity index (χ4v) is 2.20. The van der Waals surface area contributed by atoms with E-state index in [1.54, 1.807) is 0 Å². The van der Waals surface area contributed by atoms with Crippen molar-refractivity contribution in [3.63, 3.8) is 0 Å². The molecule has 0 radical (unpaired) electrons. The zero-order chi connectivity index (χ0) is 13.5. The Hall–Kier alpha value is -0.660. The van der Waals surface area contributed by atoms with Crippen molar-refractivity contribution in [2.45, 2.75) is 31.9 Å². The number of aliphatic hydroxyl groups is 1. The van der Waals surface area contributed by atoms with Crippen LogP contribution in [0.1, 0.15) is 26.7 Å². The Morgan fingerprint density at radius 1 is 1.41 bits per heavy atom. The van der Waals surface area contributed by atoms with E-state index in [1.165, 1.54) is 6.92 Å². The molecule has 0 aromatic heterocycles. The quantitative estimate of drug-likeness (QED) is 0.472. The molecule has 2 N–H and O–H groups in total. The van der Waals surface area contributed by atoms with Gasteiger partial charge in [-0.15, -0.1) is 0 Å². The molecule has 0 aliphatic rings. The average molecular weight is 267 g/mol. The summed E-state index contributed by atoms with van der Waals surface area (Å²) in [6.45, 7) is 3.51. The lowest BCUT2D eigenvalue weighted by molar-refractivity contribution is -0.139. The molecule has 0 heterocycles. The highest BCUT2D eigenvalue weighted by atomic mass is 32.2. The molecule has 102 valence electrons.